The fraction of sp³-hybridized carbons (Fsp3) is 1.00. The Morgan fingerprint density at radius 3 is 1.67 bits per heavy atom. The Bertz CT molecular complexity index is 28.0. The Labute approximate surface area is 46.5 Å². The van der Waals surface area contributed by atoms with Crippen LogP contribution in [0.5, 0.6) is 0 Å². The van der Waals surface area contributed by atoms with E-state index in [2.05, 4.69) is 0 Å². The lowest BCUT2D eigenvalue weighted by molar-refractivity contribution is 0.346. The van der Waals surface area contributed by atoms with Crippen LogP contribution >= 0.6 is 23.5 Å². The molecule has 0 unspecified atom stereocenters. The Morgan fingerprint density at radius 1 is 1.33 bits per heavy atom. The van der Waals surface area contributed by atoms with Gasteiger partial charge in [-0.2, -0.15) is 0 Å². The van der Waals surface area contributed by atoms with E-state index in [0.29, 0.717) is 0 Å². The van der Waals surface area contributed by atoms with E-state index in [4.69, 9.17) is 5.11 Å². The molecule has 0 rings (SSSR count). The van der Waals surface area contributed by atoms with E-state index in [1.165, 1.54) is 23.5 Å². The molecule has 0 saturated heterocycles. The van der Waals surface area contributed by atoms with Gasteiger partial charge >= 0.3 is 0 Å². The van der Waals surface area contributed by atoms with Gasteiger partial charge < -0.3 is 5.11 Å². The average Bonchev–Trinajstić information content (AvgIpc) is 1.65. The third-order valence-corrected chi connectivity index (χ3v) is 2.36. The molecule has 0 heterocycles. The van der Waals surface area contributed by atoms with E-state index in [1.807, 2.05) is 12.5 Å². The van der Waals surface area contributed by atoms with Crippen LogP contribution in [0.1, 0.15) is 0 Å². The minimum Gasteiger partial charge on any atom is -0.373 e. The maximum absolute atomic E-state index is 8.59. The van der Waals surface area contributed by atoms with Crippen molar-refractivity contribution in [1.82, 2.24) is 0 Å². The topological polar surface area (TPSA) is 20.2 Å². The molecule has 0 radical (unpaired) electrons. The van der Waals surface area contributed by atoms with Gasteiger partial charge in [-0.05, 0) is 12.5 Å². The molecule has 0 aromatic heterocycles. The van der Waals surface area contributed by atoms with Crippen LogP contribution in [-0.2, 0) is 0 Å². The van der Waals surface area contributed by atoms with Gasteiger partial charge in [0.1, 0.15) is 4.77 Å². The van der Waals surface area contributed by atoms with Crippen molar-refractivity contribution in [3.05, 3.63) is 0 Å². The minimum absolute atomic E-state index is 0.231. The lowest BCUT2D eigenvalue weighted by Crippen LogP contribution is -1.87. The zero-order valence-corrected chi connectivity index (χ0v) is 5.47. The normalized spacial score (nSPS) is 10.0. The van der Waals surface area contributed by atoms with Crippen LogP contribution in [0.15, 0.2) is 0 Å². The summed E-state index contributed by atoms with van der Waals surface area (Å²) in [6.45, 7) is 0. The summed E-state index contributed by atoms with van der Waals surface area (Å²) < 4.78 is -0.231. The van der Waals surface area contributed by atoms with Crippen LogP contribution in [0.25, 0.3) is 0 Å². The largest absolute Gasteiger partial charge is 0.373 e. The van der Waals surface area contributed by atoms with Crippen LogP contribution in [-0.4, -0.2) is 22.4 Å². The smallest absolute Gasteiger partial charge is 0.146 e. The molecule has 1 N–H and O–H groups in total. The van der Waals surface area contributed by atoms with Gasteiger partial charge in [0.05, 0.1) is 0 Å². The summed E-state index contributed by atoms with van der Waals surface area (Å²) in [4.78, 5) is 0. The van der Waals surface area contributed by atoms with Gasteiger partial charge in [0, 0.05) is 0 Å². The van der Waals surface area contributed by atoms with Gasteiger partial charge in [-0.15, -0.1) is 23.5 Å². The zero-order valence-electron chi connectivity index (χ0n) is 3.84. The molecule has 1 nitrogen and oxygen atoms in total. The standard InChI is InChI=1S/C3H8OS2/c1-5-3(4)6-2/h3-4H,1-2H3. The Kier molecular flexibility index (Phi) is 4.26. The highest BCUT2D eigenvalue weighted by Crippen LogP contribution is 2.13. The monoisotopic (exact) mass is 124 g/mol. The van der Waals surface area contributed by atoms with E-state index >= 15 is 0 Å². The van der Waals surface area contributed by atoms with Crippen LogP contribution in [0.3, 0.4) is 0 Å². The lowest BCUT2D eigenvalue weighted by Gasteiger charge is -1.97. The molecule has 0 saturated carbocycles. The van der Waals surface area contributed by atoms with Crippen molar-refractivity contribution in [2.75, 3.05) is 12.5 Å². The number of hydrogen-bond acceptors (Lipinski definition) is 3. The Balaban J connectivity index is 2.75. The second-order valence-corrected chi connectivity index (χ2v) is 2.91. The van der Waals surface area contributed by atoms with Crippen molar-refractivity contribution in [1.29, 1.82) is 0 Å². The van der Waals surface area contributed by atoms with Gasteiger partial charge in [-0.3, -0.25) is 0 Å². The second-order valence-electron chi connectivity index (χ2n) is 0.778. The van der Waals surface area contributed by atoms with Gasteiger partial charge in [-0.1, -0.05) is 0 Å². The number of hydrogen-bond donors (Lipinski definition) is 1. The zero-order chi connectivity index (χ0) is 4.99. The summed E-state index contributed by atoms with van der Waals surface area (Å²) in [5, 5.41) is 8.59. The van der Waals surface area contributed by atoms with E-state index in [-0.39, 0.29) is 4.77 Å². The Morgan fingerprint density at radius 2 is 1.67 bits per heavy atom. The van der Waals surface area contributed by atoms with Crippen molar-refractivity contribution in [2.24, 2.45) is 0 Å². The molecule has 0 spiro atoms. The van der Waals surface area contributed by atoms with E-state index in [9.17, 15) is 0 Å². The van der Waals surface area contributed by atoms with Crippen LogP contribution in [0.2, 0.25) is 0 Å². The molecule has 0 bridgehead atoms. The molecule has 0 aromatic rings. The molecular formula is C3H8OS2. The molecule has 0 aromatic carbocycles. The van der Waals surface area contributed by atoms with Gasteiger partial charge in [-0.25, -0.2) is 0 Å². The molecule has 6 heavy (non-hydrogen) atoms. The minimum atomic E-state index is -0.231. The highest BCUT2D eigenvalue weighted by molar-refractivity contribution is 8.16. The molecule has 0 atom stereocenters. The van der Waals surface area contributed by atoms with Crippen molar-refractivity contribution >= 4 is 23.5 Å². The summed E-state index contributed by atoms with van der Waals surface area (Å²) in [6, 6.07) is 0. The molecule has 0 fully saturated rings. The Hall–Kier alpha value is 0.660. The van der Waals surface area contributed by atoms with E-state index in [0.717, 1.165) is 0 Å². The van der Waals surface area contributed by atoms with E-state index < -0.39 is 0 Å². The van der Waals surface area contributed by atoms with E-state index in [1.54, 1.807) is 0 Å². The van der Waals surface area contributed by atoms with Crippen molar-refractivity contribution < 1.29 is 5.11 Å². The first-order valence-corrected chi connectivity index (χ1v) is 4.12. The lowest BCUT2D eigenvalue weighted by atomic mass is 11.7. The first-order valence-electron chi connectivity index (χ1n) is 1.55. The quantitative estimate of drug-likeness (QED) is 0.554. The predicted octanol–water partition coefficient (Wildman–Crippen LogP) is 0.988. The predicted molar refractivity (Wildman–Crippen MR) is 33.0 cm³/mol. The maximum atomic E-state index is 8.59. The summed E-state index contributed by atoms with van der Waals surface area (Å²) in [5.74, 6) is 0. The molecule has 0 aliphatic heterocycles. The molecule has 3 heteroatoms. The highest BCUT2D eigenvalue weighted by atomic mass is 32.2. The van der Waals surface area contributed by atoms with Gasteiger partial charge in [0.25, 0.3) is 0 Å². The third kappa shape index (κ3) is 2.87. The van der Waals surface area contributed by atoms with Crippen molar-refractivity contribution in [3.63, 3.8) is 0 Å². The van der Waals surface area contributed by atoms with Gasteiger partial charge in [0.2, 0.25) is 0 Å². The summed E-state index contributed by atoms with van der Waals surface area (Å²) >= 11 is 2.89. The van der Waals surface area contributed by atoms with Crippen LogP contribution in [0.4, 0.5) is 0 Å². The van der Waals surface area contributed by atoms with Crippen molar-refractivity contribution in [2.45, 2.75) is 4.77 Å². The third-order valence-electron chi connectivity index (χ3n) is 0.403. The number of aliphatic hydroxyl groups excluding tert-OH is 1. The van der Waals surface area contributed by atoms with Gasteiger partial charge in [0.15, 0.2) is 0 Å². The molecule has 0 aliphatic rings. The SMILES string of the molecule is CSC(O)SC. The second kappa shape index (κ2) is 3.84. The summed E-state index contributed by atoms with van der Waals surface area (Å²) in [7, 11) is 0. The fourth-order valence-corrected chi connectivity index (χ4v) is 0.866. The van der Waals surface area contributed by atoms with Crippen molar-refractivity contribution in [3.8, 4) is 0 Å². The number of aliphatic hydroxyl groups is 1. The van der Waals surface area contributed by atoms with Crippen LogP contribution < -0.4 is 0 Å². The van der Waals surface area contributed by atoms with Crippen LogP contribution in [0, 0.1) is 0 Å². The summed E-state index contributed by atoms with van der Waals surface area (Å²) in [5.41, 5.74) is 0. The first-order chi connectivity index (χ1) is 2.81. The first kappa shape index (κ1) is 6.66. The molecule has 0 amide bonds. The number of rotatable bonds is 2. The summed E-state index contributed by atoms with van der Waals surface area (Å²) in [6.07, 6.45) is 3.75. The fourth-order valence-electron chi connectivity index (χ4n) is 0.0962. The molecule has 38 valence electrons. The highest BCUT2D eigenvalue weighted by Gasteiger charge is 1.91. The average molecular weight is 124 g/mol. The number of thioether (sulfide) groups is 2. The molecule has 0 aliphatic carbocycles. The maximum Gasteiger partial charge on any atom is 0.146 e. The molecular weight excluding hydrogens is 116 g/mol.